The fourth-order valence-electron chi connectivity index (χ4n) is 6.09. The van der Waals surface area contributed by atoms with Gasteiger partial charge in [0.1, 0.15) is 0 Å². The Morgan fingerprint density at radius 2 is 1.50 bits per heavy atom. The van der Waals surface area contributed by atoms with Gasteiger partial charge < -0.3 is 4.98 Å². The van der Waals surface area contributed by atoms with Crippen molar-refractivity contribution in [2.24, 2.45) is 11.8 Å². The quantitative estimate of drug-likeness (QED) is 0.322. The Morgan fingerprint density at radius 3 is 2.11 bits per heavy atom. The van der Waals surface area contributed by atoms with Crippen molar-refractivity contribution in [3.63, 3.8) is 0 Å². The third-order valence-electron chi connectivity index (χ3n) is 7.83. The number of aryl methyl sites for hydroxylation is 1. The van der Waals surface area contributed by atoms with Crippen molar-refractivity contribution >= 4 is 28.4 Å². The molecular weight excluding hydrogens is 450 g/mol. The number of hydrogen-bond donors (Lipinski definition) is 2. The Labute approximate surface area is 209 Å². The molecule has 1 aliphatic carbocycles. The van der Waals surface area contributed by atoms with Crippen LogP contribution in [0, 0.1) is 18.8 Å². The molecule has 2 N–H and O–H groups in total. The number of nitrogens with zero attached hydrogens (tertiary/aromatic N) is 1. The summed E-state index contributed by atoms with van der Waals surface area (Å²) in [5, 5.41) is 3.45. The minimum absolute atomic E-state index is 0.0611. The number of Topliss-reactive ketones (excluding diaryl/α,β-unsaturated/α-hetero) is 3. The molecule has 4 aromatic rings. The normalized spacial score (nSPS) is 22.6. The highest BCUT2D eigenvalue weighted by Gasteiger charge is 2.68. The summed E-state index contributed by atoms with van der Waals surface area (Å²) in [5.41, 5.74) is 2.48. The highest BCUT2D eigenvalue weighted by Crippen LogP contribution is 2.51. The Hall–Kier alpha value is -3.90. The first-order valence-corrected chi connectivity index (χ1v) is 12.3. The first kappa shape index (κ1) is 22.6. The van der Waals surface area contributed by atoms with Crippen LogP contribution in [0.3, 0.4) is 0 Å². The summed E-state index contributed by atoms with van der Waals surface area (Å²) in [6.45, 7) is 6.12. The molecule has 2 aliphatic rings. The second-order valence-electron chi connectivity index (χ2n) is 10.3. The van der Waals surface area contributed by atoms with E-state index in [4.69, 9.17) is 0 Å². The Bertz CT molecular complexity index is 1460. The molecule has 180 valence electrons. The van der Waals surface area contributed by atoms with E-state index in [0.717, 1.165) is 16.6 Å². The van der Waals surface area contributed by atoms with Gasteiger partial charge in [-0.3, -0.25) is 19.7 Å². The lowest BCUT2D eigenvalue weighted by atomic mass is 9.70. The SMILES string of the molecule is Cc1ccc(C2C(C(C)C)NC3(C(=O)c4ccccc4C3=O)C2C(=O)c2nc3ccccc3[nH]2)cc1. The molecular formula is C30H27N3O3. The maximum Gasteiger partial charge on any atom is 0.204 e. The highest BCUT2D eigenvalue weighted by molar-refractivity contribution is 6.35. The summed E-state index contributed by atoms with van der Waals surface area (Å²) in [6, 6.07) is 22.1. The predicted octanol–water partition coefficient (Wildman–Crippen LogP) is 4.90. The van der Waals surface area contributed by atoms with Crippen LogP contribution in [0.2, 0.25) is 0 Å². The zero-order valence-corrected chi connectivity index (χ0v) is 20.4. The average Bonchev–Trinajstić information content (AvgIpc) is 3.54. The van der Waals surface area contributed by atoms with E-state index in [9.17, 15) is 14.4 Å². The third-order valence-corrected chi connectivity index (χ3v) is 7.83. The lowest BCUT2D eigenvalue weighted by molar-refractivity contribution is 0.0652. The molecule has 0 saturated carbocycles. The first-order valence-electron chi connectivity index (χ1n) is 12.3. The number of aromatic nitrogens is 2. The summed E-state index contributed by atoms with van der Waals surface area (Å²) in [7, 11) is 0. The number of para-hydroxylation sites is 2. The van der Waals surface area contributed by atoms with E-state index in [1.54, 1.807) is 24.3 Å². The summed E-state index contributed by atoms with van der Waals surface area (Å²) >= 11 is 0. The van der Waals surface area contributed by atoms with E-state index in [-0.39, 0.29) is 35.1 Å². The standard InChI is InChI=1S/C30H27N3O3/c1-16(2)25-23(18-14-12-17(3)13-15-18)24(26(34)29-31-21-10-6-7-11-22(21)32-29)30(33-25)27(35)19-8-4-5-9-20(19)28(30)36/h4-16,23-25,33H,1-3H3,(H,31,32). The van der Waals surface area contributed by atoms with Gasteiger partial charge in [0.25, 0.3) is 0 Å². The van der Waals surface area contributed by atoms with Gasteiger partial charge in [-0.05, 0) is 30.5 Å². The maximum absolute atomic E-state index is 14.4. The largest absolute Gasteiger partial charge is 0.335 e. The Kier molecular flexibility index (Phi) is 5.05. The summed E-state index contributed by atoms with van der Waals surface area (Å²) in [5.74, 6) is -2.13. The van der Waals surface area contributed by atoms with Crippen LogP contribution in [-0.4, -0.2) is 38.9 Å². The molecule has 3 unspecified atom stereocenters. The summed E-state index contributed by atoms with van der Waals surface area (Å²) in [6.07, 6.45) is 0. The minimum Gasteiger partial charge on any atom is -0.335 e. The maximum atomic E-state index is 14.4. The van der Waals surface area contributed by atoms with Crippen molar-refractivity contribution in [2.45, 2.75) is 38.3 Å². The van der Waals surface area contributed by atoms with Gasteiger partial charge in [-0.2, -0.15) is 0 Å². The molecule has 0 amide bonds. The molecule has 6 rings (SSSR count). The van der Waals surface area contributed by atoms with Crippen LogP contribution < -0.4 is 5.32 Å². The van der Waals surface area contributed by atoms with Gasteiger partial charge in [-0.15, -0.1) is 0 Å². The summed E-state index contributed by atoms with van der Waals surface area (Å²) < 4.78 is 0. The highest BCUT2D eigenvalue weighted by atomic mass is 16.2. The molecule has 3 atom stereocenters. The lowest BCUT2D eigenvalue weighted by Crippen LogP contribution is -2.58. The number of ketones is 3. The van der Waals surface area contributed by atoms with Gasteiger partial charge in [0.15, 0.2) is 22.9 Å². The fourth-order valence-corrected chi connectivity index (χ4v) is 6.09. The number of nitrogens with one attached hydrogen (secondary N) is 2. The molecule has 2 heterocycles. The molecule has 1 aliphatic heterocycles. The monoisotopic (exact) mass is 477 g/mol. The minimum atomic E-state index is -1.68. The molecule has 1 aromatic heterocycles. The number of benzene rings is 3. The van der Waals surface area contributed by atoms with Crippen LogP contribution in [0.4, 0.5) is 0 Å². The number of hydrogen-bond acceptors (Lipinski definition) is 5. The first-order chi connectivity index (χ1) is 17.3. The second kappa shape index (κ2) is 8.07. The van der Waals surface area contributed by atoms with E-state index in [2.05, 4.69) is 29.1 Å². The zero-order valence-electron chi connectivity index (χ0n) is 20.4. The number of carbonyl (C=O) groups excluding carboxylic acids is 3. The Morgan fingerprint density at radius 1 is 0.889 bits per heavy atom. The fraction of sp³-hybridized carbons (Fsp3) is 0.267. The van der Waals surface area contributed by atoms with Crippen molar-refractivity contribution in [3.05, 3.63) is 101 Å². The van der Waals surface area contributed by atoms with Gasteiger partial charge in [0, 0.05) is 23.1 Å². The van der Waals surface area contributed by atoms with Crippen LogP contribution in [-0.2, 0) is 0 Å². The number of aromatic amines is 1. The van der Waals surface area contributed by atoms with E-state index >= 15 is 0 Å². The molecule has 3 aromatic carbocycles. The molecule has 36 heavy (non-hydrogen) atoms. The third kappa shape index (κ3) is 3.07. The number of fused-ring (bicyclic) bond motifs is 2. The van der Waals surface area contributed by atoms with Crippen molar-refractivity contribution in [1.29, 1.82) is 0 Å². The molecule has 0 bridgehead atoms. The van der Waals surface area contributed by atoms with E-state index in [1.165, 1.54) is 0 Å². The van der Waals surface area contributed by atoms with E-state index in [0.29, 0.717) is 16.6 Å². The predicted molar refractivity (Wildman–Crippen MR) is 137 cm³/mol. The van der Waals surface area contributed by atoms with Crippen LogP contribution in [0.1, 0.15) is 62.2 Å². The number of carbonyl (C=O) groups is 3. The average molecular weight is 478 g/mol. The van der Waals surface area contributed by atoms with Crippen molar-refractivity contribution in [2.75, 3.05) is 0 Å². The second-order valence-corrected chi connectivity index (χ2v) is 10.3. The van der Waals surface area contributed by atoms with E-state index in [1.807, 2.05) is 55.5 Å². The van der Waals surface area contributed by atoms with Crippen LogP contribution in [0.15, 0.2) is 72.8 Å². The molecule has 6 heteroatoms. The number of imidazole rings is 1. The van der Waals surface area contributed by atoms with Gasteiger partial charge in [-0.1, -0.05) is 80.1 Å². The van der Waals surface area contributed by atoms with Crippen molar-refractivity contribution in [1.82, 2.24) is 15.3 Å². The van der Waals surface area contributed by atoms with Crippen molar-refractivity contribution < 1.29 is 14.4 Å². The topological polar surface area (TPSA) is 91.9 Å². The van der Waals surface area contributed by atoms with Crippen LogP contribution in [0.5, 0.6) is 0 Å². The van der Waals surface area contributed by atoms with Crippen molar-refractivity contribution in [3.8, 4) is 0 Å². The van der Waals surface area contributed by atoms with Gasteiger partial charge in [0.05, 0.1) is 17.0 Å². The Balaban J connectivity index is 1.59. The van der Waals surface area contributed by atoms with Gasteiger partial charge in [0.2, 0.25) is 5.78 Å². The van der Waals surface area contributed by atoms with Crippen LogP contribution >= 0.6 is 0 Å². The molecule has 1 saturated heterocycles. The summed E-state index contributed by atoms with van der Waals surface area (Å²) in [4.78, 5) is 50.3. The number of H-pyrrole nitrogens is 1. The zero-order chi connectivity index (χ0) is 25.2. The molecule has 1 fully saturated rings. The lowest BCUT2D eigenvalue weighted by Gasteiger charge is -2.29. The van der Waals surface area contributed by atoms with E-state index < -0.39 is 17.4 Å². The smallest absolute Gasteiger partial charge is 0.204 e. The molecule has 0 radical (unpaired) electrons. The number of rotatable bonds is 4. The van der Waals surface area contributed by atoms with Gasteiger partial charge >= 0.3 is 0 Å². The van der Waals surface area contributed by atoms with Crippen LogP contribution in [0.25, 0.3) is 11.0 Å². The molecule has 6 nitrogen and oxygen atoms in total. The van der Waals surface area contributed by atoms with Gasteiger partial charge in [-0.25, -0.2) is 4.98 Å². The molecule has 1 spiro atoms.